The highest BCUT2D eigenvalue weighted by molar-refractivity contribution is 5.83. The van der Waals surface area contributed by atoms with Gasteiger partial charge >= 0.3 is 0 Å². The molecule has 0 aromatic carbocycles. The molecule has 6 heteroatoms. The molecule has 0 rings (SSSR count). The van der Waals surface area contributed by atoms with Gasteiger partial charge in [-0.25, -0.2) is 0 Å². The first kappa shape index (κ1) is 14.9. The lowest BCUT2D eigenvalue weighted by molar-refractivity contribution is -0.123. The van der Waals surface area contributed by atoms with E-state index >= 15 is 0 Å². The van der Waals surface area contributed by atoms with Crippen LogP contribution in [0.3, 0.4) is 0 Å². The molecule has 0 bridgehead atoms. The van der Waals surface area contributed by atoms with Crippen molar-refractivity contribution in [1.82, 2.24) is 16.0 Å². The molecular formula is C10H21N3O3. The number of carbonyl (C=O) groups excluding carboxylic acids is 2. The van der Waals surface area contributed by atoms with Crippen LogP contribution in [0, 0.1) is 0 Å². The Kier molecular flexibility index (Phi) is 7.49. The number of hydrogen-bond acceptors (Lipinski definition) is 4. The lowest BCUT2D eigenvalue weighted by Gasteiger charge is -2.15. The molecule has 0 saturated carbocycles. The van der Waals surface area contributed by atoms with Crippen LogP contribution in [0.15, 0.2) is 0 Å². The molecule has 0 aliphatic carbocycles. The molecule has 6 nitrogen and oxygen atoms in total. The molecule has 0 saturated heterocycles. The maximum atomic E-state index is 11.4. The third kappa shape index (κ3) is 6.36. The molecule has 2 amide bonds. The Bertz CT molecular complexity index is 233. The van der Waals surface area contributed by atoms with Gasteiger partial charge in [0.25, 0.3) is 0 Å². The predicted octanol–water partition coefficient (Wildman–Crippen LogP) is -1.14. The third-order valence-electron chi connectivity index (χ3n) is 2.03. The molecule has 0 radical (unpaired) electrons. The van der Waals surface area contributed by atoms with E-state index in [-0.39, 0.29) is 30.4 Å². The van der Waals surface area contributed by atoms with Gasteiger partial charge in [0.15, 0.2) is 0 Å². The maximum Gasteiger partial charge on any atom is 0.236 e. The summed E-state index contributed by atoms with van der Waals surface area (Å²) in [4.78, 5) is 22.5. The molecular weight excluding hydrogens is 210 g/mol. The molecule has 2 atom stereocenters. The van der Waals surface area contributed by atoms with Crippen LogP contribution in [-0.4, -0.2) is 51.2 Å². The van der Waals surface area contributed by atoms with Crippen molar-refractivity contribution >= 4 is 11.8 Å². The lowest BCUT2D eigenvalue weighted by atomic mass is 10.3. The minimum Gasteiger partial charge on any atom is -0.383 e. The molecule has 0 aliphatic heterocycles. The van der Waals surface area contributed by atoms with Gasteiger partial charge in [-0.1, -0.05) is 0 Å². The minimum atomic E-state index is -0.381. The first-order valence-corrected chi connectivity index (χ1v) is 5.24. The Balaban J connectivity index is 3.76. The van der Waals surface area contributed by atoms with Gasteiger partial charge in [-0.15, -0.1) is 0 Å². The van der Waals surface area contributed by atoms with Crippen molar-refractivity contribution in [2.75, 3.05) is 27.3 Å². The van der Waals surface area contributed by atoms with Crippen molar-refractivity contribution in [3.05, 3.63) is 0 Å². The fourth-order valence-corrected chi connectivity index (χ4v) is 1.17. The number of methoxy groups -OCH3 is 1. The summed E-state index contributed by atoms with van der Waals surface area (Å²) >= 11 is 0. The zero-order chi connectivity index (χ0) is 12.6. The Labute approximate surface area is 96.1 Å². The molecule has 3 N–H and O–H groups in total. The highest BCUT2D eigenvalue weighted by Gasteiger charge is 2.12. The van der Waals surface area contributed by atoms with Crippen molar-refractivity contribution in [3.63, 3.8) is 0 Å². The van der Waals surface area contributed by atoms with E-state index in [0.29, 0.717) is 6.61 Å². The van der Waals surface area contributed by atoms with Gasteiger partial charge in [-0.2, -0.15) is 0 Å². The average molecular weight is 231 g/mol. The van der Waals surface area contributed by atoms with Crippen LogP contribution in [0.25, 0.3) is 0 Å². The molecule has 0 aromatic heterocycles. The molecule has 0 spiro atoms. The van der Waals surface area contributed by atoms with Crippen molar-refractivity contribution in [1.29, 1.82) is 0 Å². The van der Waals surface area contributed by atoms with Gasteiger partial charge in [0.2, 0.25) is 11.8 Å². The first-order chi connectivity index (χ1) is 7.51. The van der Waals surface area contributed by atoms with Crippen LogP contribution >= 0.6 is 0 Å². The smallest absolute Gasteiger partial charge is 0.236 e. The summed E-state index contributed by atoms with van der Waals surface area (Å²) in [6.07, 6.45) is 0. The van der Waals surface area contributed by atoms with Crippen LogP contribution < -0.4 is 16.0 Å². The van der Waals surface area contributed by atoms with Crippen LogP contribution in [-0.2, 0) is 14.3 Å². The van der Waals surface area contributed by atoms with E-state index in [2.05, 4.69) is 16.0 Å². The summed E-state index contributed by atoms with van der Waals surface area (Å²) in [6, 6.07) is -0.414. The molecule has 16 heavy (non-hydrogen) atoms. The number of likely N-dealkylation sites (N-methyl/N-ethyl adjacent to an activating group) is 1. The second-order valence-electron chi connectivity index (χ2n) is 3.64. The molecule has 94 valence electrons. The van der Waals surface area contributed by atoms with Crippen molar-refractivity contribution < 1.29 is 14.3 Å². The van der Waals surface area contributed by atoms with E-state index in [0.717, 1.165) is 0 Å². The SMILES string of the molecule is CNC(=O)C(C)NCC(=O)NC(C)COC. The van der Waals surface area contributed by atoms with Gasteiger partial charge in [0.1, 0.15) is 0 Å². The summed E-state index contributed by atoms with van der Waals surface area (Å²) in [5.41, 5.74) is 0. The van der Waals surface area contributed by atoms with E-state index in [1.165, 1.54) is 0 Å². The zero-order valence-corrected chi connectivity index (χ0v) is 10.3. The molecule has 0 fully saturated rings. The normalized spacial score (nSPS) is 14.0. The van der Waals surface area contributed by atoms with Crippen molar-refractivity contribution in [2.24, 2.45) is 0 Å². The van der Waals surface area contributed by atoms with Crippen molar-refractivity contribution in [3.8, 4) is 0 Å². The summed E-state index contributed by atoms with van der Waals surface area (Å²) in [7, 11) is 3.13. The molecule has 0 aliphatic rings. The van der Waals surface area contributed by atoms with Gasteiger partial charge in [-0.05, 0) is 13.8 Å². The number of ether oxygens (including phenoxy) is 1. The predicted molar refractivity (Wildman–Crippen MR) is 61.0 cm³/mol. The summed E-state index contributed by atoms with van der Waals surface area (Å²) in [6.45, 7) is 4.13. The van der Waals surface area contributed by atoms with Gasteiger partial charge < -0.3 is 15.4 Å². The van der Waals surface area contributed by atoms with Gasteiger partial charge in [0.05, 0.1) is 19.2 Å². The van der Waals surface area contributed by atoms with E-state index in [9.17, 15) is 9.59 Å². The van der Waals surface area contributed by atoms with E-state index in [4.69, 9.17) is 4.74 Å². The first-order valence-electron chi connectivity index (χ1n) is 5.24. The van der Waals surface area contributed by atoms with E-state index < -0.39 is 0 Å². The molecule has 0 heterocycles. The van der Waals surface area contributed by atoms with Gasteiger partial charge in [0, 0.05) is 20.2 Å². The number of rotatable bonds is 7. The molecule has 0 aromatic rings. The number of amides is 2. The average Bonchev–Trinajstić information content (AvgIpc) is 2.24. The Hall–Kier alpha value is -1.14. The minimum absolute atomic E-state index is 0.0328. The van der Waals surface area contributed by atoms with Gasteiger partial charge in [-0.3, -0.25) is 14.9 Å². The highest BCUT2D eigenvalue weighted by atomic mass is 16.5. The lowest BCUT2D eigenvalue weighted by Crippen LogP contribution is -2.47. The Morgan fingerprint density at radius 1 is 1.31 bits per heavy atom. The van der Waals surface area contributed by atoms with Crippen molar-refractivity contribution in [2.45, 2.75) is 25.9 Å². The summed E-state index contributed by atoms with van der Waals surface area (Å²) in [5.74, 6) is -0.293. The van der Waals surface area contributed by atoms with Crippen LogP contribution in [0.1, 0.15) is 13.8 Å². The number of nitrogens with one attached hydrogen (secondary N) is 3. The van der Waals surface area contributed by atoms with E-state index in [1.54, 1.807) is 21.1 Å². The molecule has 2 unspecified atom stereocenters. The summed E-state index contributed by atoms with van der Waals surface area (Å²) in [5, 5.41) is 8.05. The largest absolute Gasteiger partial charge is 0.383 e. The third-order valence-corrected chi connectivity index (χ3v) is 2.03. The quantitative estimate of drug-likeness (QED) is 0.517. The van der Waals surface area contributed by atoms with Crippen LogP contribution in [0.2, 0.25) is 0 Å². The Morgan fingerprint density at radius 3 is 2.44 bits per heavy atom. The monoisotopic (exact) mass is 231 g/mol. The van der Waals surface area contributed by atoms with Crippen LogP contribution in [0.5, 0.6) is 0 Å². The Morgan fingerprint density at radius 2 is 1.94 bits per heavy atom. The second-order valence-corrected chi connectivity index (χ2v) is 3.64. The van der Waals surface area contributed by atoms with E-state index in [1.807, 2.05) is 6.92 Å². The number of carbonyl (C=O) groups is 2. The standard InChI is InChI=1S/C10H21N3O3/c1-7(6-16-4)13-9(14)5-12-8(2)10(15)11-3/h7-8,12H,5-6H2,1-4H3,(H,11,15)(H,13,14). The number of hydrogen-bond donors (Lipinski definition) is 3. The summed E-state index contributed by atoms with van der Waals surface area (Å²) < 4.78 is 4.89. The topological polar surface area (TPSA) is 79.5 Å². The zero-order valence-electron chi connectivity index (χ0n) is 10.3. The highest BCUT2D eigenvalue weighted by Crippen LogP contribution is 1.83. The maximum absolute atomic E-state index is 11.4. The fraction of sp³-hybridized carbons (Fsp3) is 0.800. The second kappa shape index (κ2) is 8.06. The fourth-order valence-electron chi connectivity index (χ4n) is 1.17. The van der Waals surface area contributed by atoms with Crippen LogP contribution in [0.4, 0.5) is 0 Å².